The smallest absolute Gasteiger partial charge is 0.251 e. The Bertz CT molecular complexity index is 1100. The lowest BCUT2D eigenvalue weighted by atomic mass is 10.1. The molecule has 2 aromatic carbocycles. The molecule has 0 aliphatic rings. The van der Waals surface area contributed by atoms with Gasteiger partial charge in [0.15, 0.2) is 0 Å². The maximum Gasteiger partial charge on any atom is 0.251 e. The first-order valence-corrected chi connectivity index (χ1v) is 11.1. The van der Waals surface area contributed by atoms with Gasteiger partial charge < -0.3 is 9.88 Å². The van der Waals surface area contributed by atoms with E-state index < -0.39 is 15.6 Å². The lowest BCUT2D eigenvalue weighted by Crippen LogP contribution is -2.40. The summed E-state index contributed by atoms with van der Waals surface area (Å²) in [6.07, 6.45) is 5.30. The van der Waals surface area contributed by atoms with Crippen molar-refractivity contribution in [2.45, 2.75) is 44.2 Å². The zero-order valence-electron chi connectivity index (χ0n) is 17.5. The molecule has 0 saturated carbocycles. The van der Waals surface area contributed by atoms with E-state index in [0.717, 1.165) is 11.3 Å². The van der Waals surface area contributed by atoms with Gasteiger partial charge in [-0.2, -0.15) is 0 Å². The molecular formula is C22H26N4O3S. The van der Waals surface area contributed by atoms with Gasteiger partial charge in [0, 0.05) is 29.2 Å². The molecule has 158 valence electrons. The van der Waals surface area contributed by atoms with E-state index in [9.17, 15) is 13.2 Å². The van der Waals surface area contributed by atoms with Crippen molar-refractivity contribution >= 4 is 15.9 Å². The van der Waals surface area contributed by atoms with Crippen molar-refractivity contribution in [2.75, 3.05) is 0 Å². The number of nitrogens with one attached hydrogen (secondary N) is 2. The molecule has 7 nitrogen and oxygen atoms in total. The number of nitrogens with zero attached hydrogens (tertiary/aromatic N) is 2. The first-order chi connectivity index (χ1) is 14.0. The van der Waals surface area contributed by atoms with Crippen LogP contribution in [0.3, 0.4) is 0 Å². The molecule has 2 N–H and O–H groups in total. The van der Waals surface area contributed by atoms with Crippen molar-refractivity contribution in [2.24, 2.45) is 0 Å². The van der Waals surface area contributed by atoms with Crippen molar-refractivity contribution in [3.63, 3.8) is 0 Å². The van der Waals surface area contributed by atoms with Crippen LogP contribution in [-0.4, -0.2) is 29.4 Å². The van der Waals surface area contributed by atoms with E-state index >= 15 is 0 Å². The number of imidazole rings is 1. The molecule has 0 spiro atoms. The Hall–Kier alpha value is -2.97. The second-order valence-corrected chi connectivity index (χ2v) is 9.82. The average molecular weight is 427 g/mol. The van der Waals surface area contributed by atoms with E-state index in [-0.39, 0.29) is 16.8 Å². The minimum absolute atomic E-state index is 0.122. The second kappa shape index (κ2) is 8.41. The summed E-state index contributed by atoms with van der Waals surface area (Å²) in [7, 11) is -3.64. The van der Waals surface area contributed by atoms with Crippen LogP contribution in [0, 0.1) is 0 Å². The fourth-order valence-corrected chi connectivity index (χ4v) is 4.38. The van der Waals surface area contributed by atoms with Gasteiger partial charge in [0.2, 0.25) is 10.0 Å². The Labute approximate surface area is 177 Å². The van der Waals surface area contributed by atoms with Crippen LogP contribution in [0.2, 0.25) is 0 Å². The molecule has 0 radical (unpaired) electrons. The van der Waals surface area contributed by atoms with Crippen LogP contribution in [0.4, 0.5) is 0 Å². The minimum Gasteiger partial charge on any atom is -0.346 e. The largest absolute Gasteiger partial charge is 0.346 e. The Morgan fingerprint density at radius 3 is 2.20 bits per heavy atom. The number of benzene rings is 2. The van der Waals surface area contributed by atoms with Gasteiger partial charge >= 0.3 is 0 Å². The van der Waals surface area contributed by atoms with Crippen molar-refractivity contribution in [1.29, 1.82) is 0 Å². The van der Waals surface area contributed by atoms with Crippen LogP contribution >= 0.6 is 0 Å². The van der Waals surface area contributed by atoms with Crippen molar-refractivity contribution in [3.05, 3.63) is 78.4 Å². The lowest BCUT2D eigenvalue weighted by molar-refractivity contribution is 0.0939. The van der Waals surface area contributed by atoms with E-state index in [2.05, 4.69) is 15.0 Å². The van der Waals surface area contributed by atoms with Crippen molar-refractivity contribution in [1.82, 2.24) is 19.6 Å². The van der Waals surface area contributed by atoms with Crippen LogP contribution in [-0.2, 0) is 10.0 Å². The summed E-state index contributed by atoms with van der Waals surface area (Å²) in [5.41, 5.74) is 1.75. The number of sulfonamides is 1. The summed E-state index contributed by atoms with van der Waals surface area (Å²) < 4.78 is 29.3. The third kappa shape index (κ3) is 5.34. The zero-order valence-corrected chi connectivity index (χ0v) is 18.3. The number of carbonyl (C=O) groups excluding carboxylic acids is 1. The first kappa shape index (κ1) is 21.7. The maximum absolute atomic E-state index is 12.6. The quantitative estimate of drug-likeness (QED) is 0.631. The Kier molecular flexibility index (Phi) is 6.09. The summed E-state index contributed by atoms with van der Waals surface area (Å²) in [5.74, 6) is -0.270. The van der Waals surface area contributed by atoms with Gasteiger partial charge in [0.05, 0.1) is 17.3 Å². The molecule has 30 heavy (non-hydrogen) atoms. The highest BCUT2D eigenvalue weighted by Crippen LogP contribution is 2.18. The van der Waals surface area contributed by atoms with Crippen LogP contribution in [0.5, 0.6) is 0 Å². The van der Waals surface area contributed by atoms with Crippen LogP contribution in [0.1, 0.15) is 49.7 Å². The molecule has 0 aliphatic carbocycles. The molecule has 3 aromatic rings. The predicted molar refractivity (Wildman–Crippen MR) is 116 cm³/mol. The van der Waals surface area contributed by atoms with Gasteiger partial charge in [-0.3, -0.25) is 4.79 Å². The van der Waals surface area contributed by atoms with Gasteiger partial charge in [-0.15, -0.1) is 0 Å². The number of hydrogen-bond donors (Lipinski definition) is 2. The summed E-state index contributed by atoms with van der Waals surface area (Å²) in [6.45, 7) is 7.22. The van der Waals surface area contributed by atoms with E-state index in [1.165, 1.54) is 24.3 Å². The molecule has 0 saturated heterocycles. The molecule has 3 rings (SSSR count). The van der Waals surface area contributed by atoms with Crippen LogP contribution in [0.15, 0.2) is 72.1 Å². The summed E-state index contributed by atoms with van der Waals surface area (Å²) in [5, 5.41) is 2.94. The molecule has 0 bridgehead atoms. The van der Waals surface area contributed by atoms with Crippen molar-refractivity contribution < 1.29 is 13.2 Å². The van der Waals surface area contributed by atoms with E-state index in [0.29, 0.717) is 5.56 Å². The predicted octanol–water partition coefficient (Wildman–Crippen LogP) is 3.44. The number of aromatic nitrogens is 2. The number of hydrogen-bond acceptors (Lipinski definition) is 4. The Morgan fingerprint density at radius 1 is 1.03 bits per heavy atom. The molecule has 1 amide bonds. The third-order valence-corrected chi connectivity index (χ3v) is 6.18. The summed E-state index contributed by atoms with van der Waals surface area (Å²) in [4.78, 5) is 16.7. The molecule has 1 aromatic heterocycles. The number of rotatable bonds is 6. The highest BCUT2D eigenvalue weighted by atomic mass is 32.2. The topological polar surface area (TPSA) is 93.1 Å². The SMILES string of the molecule is CC(NC(=O)c1ccc(S(=O)(=O)NC(C)(C)C)cc1)c1ccc(-n2ccnc2)cc1. The van der Waals surface area contributed by atoms with Gasteiger partial charge in [0.1, 0.15) is 0 Å². The van der Waals surface area contributed by atoms with Crippen molar-refractivity contribution in [3.8, 4) is 5.69 Å². The number of amides is 1. The molecule has 1 heterocycles. The van der Waals surface area contributed by atoms with Gasteiger partial charge in [-0.25, -0.2) is 18.1 Å². The fourth-order valence-electron chi connectivity index (χ4n) is 2.96. The highest BCUT2D eigenvalue weighted by molar-refractivity contribution is 7.89. The molecular weight excluding hydrogens is 400 g/mol. The molecule has 1 unspecified atom stereocenters. The van der Waals surface area contributed by atoms with Gasteiger partial charge in [0.25, 0.3) is 5.91 Å². The summed E-state index contributed by atoms with van der Waals surface area (Å²) in [6, 6.07) is 13.5. The monoisotopic (exact) mass is 426 g/mol. The van der Waals surface area contributed by atoms with Crippen LogP contribution in [0.25, 0.3) is 5.69 Å². The average Bonchev–Trinajstić information content (AvgIpc) is 3.21. The minimum atomic E-state index is -3.64. The first-order valence-electron chi connectivity index (χ1n) is 9.58. The zero-order chi connectivity index (χ0) is 21.9. The second-order valence-electron chi connectivity index (χ2n) is 8.14. The molecule has 0 fully saturated rings. The van der Waals surface area contributed by atoms with Crippen LogP contribution < -0.4 is 10.0 Å². The number of carbonyl (C=O) groups is 1. The Morgan fingerprint density at radius 2 is 1.67 bits per heavy atom. The maximum atomic E-state index is 12.6. The van der Waals surface area contributed by atoms with E-state index in [1.807, 2.05) is 42.0 Å². The molecule has 1 atom stereocenters. The lowest BCUT2D eigenvalue weighted by Gasteiger charge is -2.20. The summed E-state index contributed by atoms with van der Waals surface area (Å²) >= 11 is 0. The van der Waals surface area contributed by atoms with E-state index in [4.69, 9.17) is 0 Å². The molecule has 8 heteroatoms. The fraction of sp³-hybridized carbons (Fsp3) is 0.273. The molecule has 0 aliphatic heterocycles. The normalized spacial score (nSPS) is 13.1. The van der Waals surface area contributed by atoms with Gasteiger partial charge in [-0.1, -0.05) is 12.1 Å². The van der Waals surface area contributed by atoms with Gasteiger partial charge in [-0.05, 0) is 69.7 Å². The highest BCUT2D eigenvalue weighted by Gasteiger charge is 2.22. The standard InChI is InChI=1S/C22H26N4O3S/c1-16(17-5-9-19(10-6-17)26-14-13-23-15-26)24-21(27)18-7-11-20(12-8-18)30(28,29)25-22(2,3)4/h5-16,25H,1-4H3,(H,24,27). The Balaban J connectivity index is 1.67. The van der Waals surface area contributed by atoms with E-state index in [1.54, 1.807) is 33.3 Å². The third-order valence-electron chi connectivity index (χ3n) is 4.41.